The van der Waals surface area contributed by atoms with Gasteiger partial charge in [0.15, 0.2) is 11.5 Å². The van der Waals surface area contributed by atoms with Crippen molar-refractivity contribution in [3.05, 3.63) is 84.4 Å². The van der Waals surface area contributed by atoms with E-state index in [-0.39, 0.29) is 29.0 Å². The number of nitrogens with one attached hydrogen (secondary N) is 1. The van der Waals surface area contributed by atoms with Crippen LogP contribution < -0.4 is 19.1 Å². The van der Waals surface area contributed by atoms with Crippen molar-refractivity contribution in [2.75, 3.05) is 38.2 Å². The molecule has 10 heteroatoms. The van der Waals surface area contributed by atoms with Crippen molar-refractivity contribution in [1.29, 1.82) is 0 Å². The van der Waals surface area contributed by atoms with Crippen molar-refractivity contribution in [2.45, 2.75) is 38.1 Å². The fourth-order valence-corrected chi connectivity index (χ4v) is 5.68. The number of nitrogens with zero attached hydrogens (tertiary/aromatic N) is 2. The summed E-state index contributed by atoms with van der Waals surface area (Å²) in [6.07, 6.45) is 0.502. The van der Waals surface area contributed by atoms with Gasteiger partial charge in [0.2, 0.25) is 11.8 Å². The molecule has 220 valence electrons. The zero-order valence-corrected chi connectivity index (χ0v) is 25.1. The quantitative estimate of drug-likeness (QED) is 0.307. The summed E-state index contributed by atoms with van der Waals surface area (Å²) in [5.74, 6) is 0.0601. The second-order valence-corrected chi connectivity index (χ2v) is 11.9. The number of carbonyl (C=O) groups excluding carboxylic acids is 2. The molecule has 2 amide bonds. The Balaban J connectivity index is 1.98. The third-order valence-electron chi connectivity index (χ3n) is 6.60. The fourth-order valence-electron chi connectivity index (χ4n) is 4.25. The van der Waals surface area contributed by atoms with Gasteiger partial charge in [-0.2, -0.15) is 0 Å². The Morgan fingerprint density at radius 3 is 2.05 bits per heavy atom. The molecule has 0 aliphatic carbocycles. The SMILES string of the molecule is COc1ccc(S(=O)(=O)N(CC(=O)N(CCc2ccccc2)[C@@H](C)C(=O)NCC(C)C)c2ccccc2)cc1OC. The molecule has 1 N–H and O–H groups in total. The summed E-state index contributed by atoms with van der Waals surface area (Å²) in [6.45, 7) is 5.83. The second kappa shape index (κ2) is 14.5. The summed E-state index contributed by atoms with van der Waals surface area (Å²) in [4.78, 5) is 28.4. The second-order valence-electron chi connectivity index (χ2n) is 10.0. The van der Waals surface area contributed by atoms with Gasteiger partial charge in [-0.3, -0.25) is 13.9 Å². The van der Waals surface area contributed by atoms with Gasteiger partial charge in [-0.05, 0) is 49.1 Å². The molecule has 3 aromatic carbocycles. The van der Waals surface area contributed by atoms with Crippen molar-refractivity contribution in [3.8, 4) is 11.5 Å². The summed E-state index contributed by atoms with van der Waals surface area (Å²) in [6, 6.07) is 21.5. The Morgan fingerprint density at radius 1 is 0.854 bits per heavy atom. The topological polar surface area (TPSA) is 105 Å². The van der Waals surface area contributed by atoms with Crippen LogP contribution >= 0.6 is 0 Å². The summed E-state index contributed by atoms with van der Waals surface area (Å²) in [7, 11) is -1.34. The molecule has 0 aliphatic heterocycles. The van der Waals surface area contributed by atoms with E-state index in [1.165, 1.54) is 37.3 Å². The third-order valence-corrected chi connectivity index (χ3v) is 8.37. The lowest BCUT2D eigenvalue weighted by molar-refractivity contribution is -0.138. The highest BCUT2D eigenvalue weighted by atomic mass is 32.2. The average molecular weight is 582 g/mol. The minimum absolute atomic E-state index is 0.0645. The number of amides is 2. The Hall–Kier alpha value is -4.05. The van der Waals surface area contributed by atoms with Crippen molar-refractivity contribution in [3.63, 3.8) is 0 Å². The molecule has 0 saturated carbocycles. The van der Waals surface area contributed by atoms with E-state index in [9.17, 15) is 18.0 Å². The van der Waals surface area contributed by atoms with Crippen molar-refractivity contribution >= 4 is 27.5 Å². The van der Waals surface area contributed by atoms with E-state index in [2.05, 4.69) is 5.32 Å². The highest BCUT2D eigenvalue weighted by molar-refractivity contribution is 7.92. The first-order chi connectivity index (χ1) is 19.6. The number of anilines is 1. The van der Waals surface area contributed by atoms with Crippen LogP contribution in [0.1, 0.15) is 26.3 Å². The minimum Gasteiger partial charge on any atom is -0.493 e. The maximum atomic E-state index is 14.0. The van der Waals surface area contributed by atoms with E-state index >= 15 is 0 Å². The van der Waals surface area contributed by atoms with Crippen LogP contribution in [-0.2, 0) is 26.0 Å². The third kappa shape index (κ3) is 8.23. The maximum Gasteiger partial charge on any atom is 0.264 e. The number of rotatable bonds is 14. The zero-order valence-electron chi connectivity index (χ0n) is 24.2. The summed E-state index contributed by atoms with van der Waals surface area (Å²) < 4.78 is 39.6. The predicted octanol–water partition coefficient (Wildman–Crippen LogP) is 4.13. The van der Waals surface area contributed by atoms with Gasteiger partial charge in [0, 0.05) is 19.2 Å². The summed E-state index contributed by atoms with van der Waals surface area (Å²) in [5, 5.41) is 2.89. The van der Waals surface area contributed by atoms with Crippen LogP contribution in [0.15, 0.2) is 83.8 Å². The number of sulfonamides is 1. The molecule has 0 fully saturated rings. The number of benzene rings is 3. The monoisotopic (exact) mass is 581 g/mol. The Bertz CT molecular complexity index is 1400. The molecule has 0 spiro atoms. The molecule has 0 heterocycles. The zero-order chi connectivity index (χ0) is 30.0. The van der Waals surface area contributed by atoms with Gasteiger partial charge in [-0.15, -0.1) is 0 Å². The normalized spacial score (nSPS) is 12.0. The molecule has 1 atom stereocenters. The Labute approximate surface area is 243 Å². The van der Waals surface area contributed by atoms with Gasteiger partial charge in [-0.25, -0.2) is 8.42 Å². The number of hydrogen-bond acceptors (Lipinski definition) is 6. The summed E-state index contributed by atoms with van der Waals surface area (Å²) in [5.41, 5.74) is 1.31. The van der Waals surface area contributed by atoms with Gasteiger partial charge in [0.05, 0.1) is 24.8 Å². The molecular formula is C31H39N3O6S. The molecule has 3 rings (SSSR count). The minimum atomic E-state index is -4.23. The Kier molecular flexibility index (Phi) is 11.2. The van der Waals surface area contributed by atoms with E-state index in [1.807, 2.05) is 44.2 Å². The van der Waals surface area contributed by atoms with Crippen LogP contribution in [0.5, 0.6) is 11.5 Å². The lowest BCUT2D eigenvalue weighted by atomic mass is 10.1. The molecule has 0 radical (unpaired) electrons. The molecule has 0 aromatic heterocycles. The van der Waals surface area contributed by atoms with Gasteiger partial charge >= 0.3 is 0 Å². The number of ether oxygens (including phenoxy) is 2. The fraction of sp³-hybridized carbons (Fsp3) is 0.355. The van der Waals surface area contributed by atoms with E-state index in [1.54, 1.807) is 37.3 Å². The molecule has 41 heavy (non-hydrogen) atoms. The van der Waals surface area contributed by atoms with Gasteiger partial charge in [0.1, 0.15) is 12.6 Å². The molecule has 0 saturated heterocycles. The molecule has 0 bridgehead atoms. The first-order valence-electron chi connectivity index (χ1n) is 13.5. The summed E-state index contributed by atoms with van der Waals surface area (Å²) >= 11 is 0. The van der Waals surface area contributed by atoms with Crippen molar-refractivity contribution < 1.29 is 27.5 Å². The Morgan fingerprint density at radius 2 is 1.46 bits per heavy atom. The van der Waals surface area contributed by atoms with Gasteiger partial charge in [-0.1, -0.05) is 62.4 Å². The lowest BCUT2D eigenvalue weighted by Gasteiger charge is -2.32. The maximum absolute atomic E-state index is 14.0. The van der Waals surface area contributed by atoms with Gasteiger partial charge in [0.25, 0.3) is 10.0 Å². The van der Waals surface area contributed by atoms with Crippen LogP contribution in [0.3, 0.4) is 0 Å². The van der Waals surface area contributed by atoms with Crippen molar-refractivity contribution in [2.24, 2.45) is 5.92 Å². The van der Waals surface area contributed by atoms with Crippen LogP contribution in [0.25, 0.3) is 0 Å². The van der Waals surface area contributed by atoms with Crippen LogP contribution in [0.2, 0.25) is 0 Å². The average Bonchev–Trinajstić information content (AvgIpc) is 2.98. The smallest absolute Gasteiger partial charge is 0.264 e. The molecule has 9 nitrogen and oxygen atoms in total. The highest BCUT2D eigenvalue weighted by Gasteiger charge is 2.32. The first-order valence-corrected chi connectivity index (χ1v) is 14.9. The standard InChI is InChI=1S/C31H39N3O6S/c1-23(2)21-32-31(36)24(3)33(19-18-25-12-8-6-9-13-25)30(35)22-34(26-14-10-7-11-15-26)41(37,38)27-16-17-28(39-4)29(20-27)40-5/h6-17,20,23-24H,18-19,21-22H2,1-5H3,(H,32,36)/t24-/m0/s1. The van der Waals surface area contributed by atoms with E-state index in [0.717, 1.165) is 9.87 Å². The number of methoxy groups -OCH3 is 2. The number of para-hydroxylation sites is 1. The largest absolute Gasteiger partial charge is 0.493 e. The molecule has 0 aliphatic rings. The molecule has 3 aromatic rings. The molecular weight excluding hydrogens is 542 g/mol. The molecule has 0 unspecified atom stereocenters. The van der Waals surface area contributed by atoms with E-state index in [0.29, 0.717) is 24.4 Å². The van der Waals surface area contributed by atoms with E-state index < -0.39 is 28.5 Å². The number of carbonyl (C=O) groups is 2. The number of hydrogen-bond donors (Lipinski definition) is 1. The van der Waals surface area contributed by atoms with Crippen molar-refractivity contribution in [1.82, 2.24) is 10.2 Å². The van der Waals surface area contributed by atoms with Crippen LogP contribution in [-0.4, -0.2) is 65.0 Å². The predicted molar refractivity (Wildman–Crippen MR) is 160 cm³/mol. The highest BCUT2D eigenvalue weighted by Crippen LogP contribution is 2.32. The van der Waals surface area contributed by atoms with Crippen LogP contribution in [0, 0.1) is 5.92 Å². The van der Waals surface area contributed by atoms with Crippen LogP contribution in [0.4, 0.5) is 5.69 Å². The van der Waals surface area contributed by atoms with Gasteiger partial charge < -0.3 is 19.7 Å². The van der Waals surface area contributed by atoms with E-state index in [4.69, 9.17) is 9.47 Å². The first kappa shape index (κ1) is 31.5. The lowest BCUT2D eigenvalue weighted by Crippen LogP contribution is -2.52.